The second kappa shape index (κ2) is 6.38. The summed E-state index contributed by atoms with van der Waals surface area (Å²) in [5.74, 6) is 0. The van der Waals surface area contributed by atoms with Crippen molar-refractivity contribution >= 4 is 5.69 Å². The number of nitrogens with one attached hydrogen (secondary N) is 1. The van der Waals surface area contributed by atoms with E-state index in [1.807, 2.05) is 12.3 Å². The minimum atomic E-state index is 0.857. The van der Waals surface area contributed by atoms with Crippen LogP contribution in [0.25, 0.3) is 0 Å². The molecule has 1 aromatic heterocycles. The quantitative estimate of drug-likeness (QED) is 0.675. The Labute approximate surface area is 85.7 Å². The van der Waals surface area contributed by atoms with Crippen molar-refractivity contribution in [1.29, 1.82) is 0 Å². The topological polar surface area (TPSA) is 50.9 Å². The molecule has 0 fully saturated rings. The van der Waals surface area contributed by atoms with Crippen molar-refractivity contribution in [3.63, 3.8) is 0 Å². The van der Waals surface area contributed by atoms with Gasteiger partial charge in [0.05, 0.1) is 0 Å². The van der Waals surface area contributed by atoms with Gasteiger partial charge in [0.1, 0.15) is 0 Å². The molecule has 0 amide bonds. The summed E-state index contributed by atoms with van der Waals surface area (Å²) in [6.07, 6.45) is 6.91. The van der Waals surface area contributed by atoms with E-state index in [1.54, 1.807) is 6.20 Å². The van der Waals surface area contributed by atoms with E-state index in [0.29, 0.717) is 0 Å². The van der Waals surface area contributed by atoms with Gasteiger partial charge in [-0.3, -0.25) is 4.98 Å². The zero-order valence-corrected chi connectivity index (χ0v) is 8.79. The van der Waals surface area contributed by atoms with Crippen LogP contribution in [0.1, 0.15) is 25.3 Å². The minimum absolute atomic E-state index is 0.857. The molecular formula is C11H19N3. The highest BCUT2D eigenvalue weighted by atomic mass is 14.8. The largest absolute Gasteiger partial charge is 0.398 e. The van der Waals surface area contributed by atoms with Crippen molar-refractivity contribution in [2.24, 2.45) is 0 Å². The summed E-state index contributed by atoms with van der Waals surface area (Å²) >= 11 is 0. The fourth-order valence-corrected chi connectivity index (χ4v) is 1.35. The molecule has 3 nitrogen and oxygen atoms in total. The Kier molecular flexibility index (Phi) is 5.00. The molecule has 14 heavy (non-hydrogen) atoms. The number of rotatable bonds is 6. The van der Waals surface area contributed by atoms with Crippen LogP contribution in [0.5, 0.6) is 0 Å². The first kappa shape index (κ1) is 11.0. The van der Waals surface area contributed by atoms with Crippen LogP contribution >= 0.6 is 0 Å². The molecule has 0 aliphatic carbocycles. The van der Waals surface area contributed by atoms with E-state index < -0.39 is 0 Å². The molecular weight excluding hydrogens is 174 g/mol. The van der Waals surface area contributed by atoms with Gasteiger partial charge in [0.15, 0.2) is 0 Å². The molecule has 1 rings (SSSR count). The Bertz CT molecular complexity index is 260. The number of hydrogen-bond donors (Lipinski definition) is 2. The summed E-state index contributed by atoms with van der Waals surface area (Å²) in [6.45, 7) is 4.33. The monoisotopic (exact) mass is 193 g/mol. The molecule has 1 heterocycles. The zero-order chi connectivity index (χ0) is 10.2. The van der Waals surface area contributed by atoms with E-state index in [9.17, 15) is 0 Å². The first-order chi connectivity index (χ1) is 6.84. The predicted molar refractivity (Wildman–Crippen MR) is 60.1 cm³/mol. The smallest absolute Gasteiger partial charge is 0.0377 e. The molecule has 3 heteroatoms. The van der Waals surface area contributed by atoms with Gasteiger partial charge in [0, 0.05) is 18.1 Å². The minimum Gasteiger partial charge on any atom is -0.398 e. The maximum absolute atomic E-state index is 5.80. The van der Waals surface area contributed by atoms with Crippen molar-refractivity contribution in [1.82, 2.24) is 10.3 Å². The van der Waals surface area contributed by atoms with E-state index in [-0.39, 0.29) is 0 Å². The third kappa shape index (κ3) is 3.75. The van der Waals surface area contributed by atoms with Crippen molar-refractivity contribution < 1.29 is 0 Å². The molecule has 0 saturated carbocycles. The Morgan fingerprint density at radius 2 is 2.29 bits per heavy atom. The highest BCUT2D eigenvalue weighted by molar-refractivity contribution is 5.44. The third-order valence-electron chi connectivity index (χ3n) is 2.17. The normalized spacial score (nSPS) is 10.4. The van der Waals surface area contributed by atoms with Crippen molar-refractivity contribution in [2.75, 3.05) is 18.8 Å². The summed E-state index contributed by atoms with van der Waals surface area (Å²) in [5, 5.41) is 3.36. The Balaban J connectivity index is 2.21. The third-order valence-corrected chi connectivity index (χ3v) is 2.17. The number of hydrogen-bond acceptors (Lipinski definition) is 3. The lowest BCUT2D eigenvalue weighted by Crippen LogP contribution is -2.16. The Hall–Kier alpha value is -1.09. The van der Waals surface area contributed by atoms with Gasteiger partial charge in [-0.1, -0.05) is 6.92 Å². The van der Waals surface area contributed by atoms with Crippen molar-refractivity contribution in [2.45, 2.75) is 26.2 Å². The molecule has 78 valence electrons. The molecule has 0 spiro atoms. The summed E-state index contributed by atoms with van der Waals surface area (Å²) < 4.78 is 0. The Morgan fingerprint density at radius 1 is 1.43 bits per heavy atom. The first-order valence-electron chi connectivity index (χ1n) is 5.23. The van der Waals surface area contributed by atoms with Gasteiger partial charge >= 0.3 is 0 Å². The standard InChI is InChI=1S/C11H19N3/c1-2-6-13-7-3-4-10-9-14-8-5-11(10)12/h5,8-9,13H,2-4,6-7H2,1H3,(H2,12,14). The number of nitrogens with zero attached hydrogens (tertiary/aromatic N) is 1. The molecule has 0 saturated heterocycles. The second-order valence-electron chi connectivity index (χ2n) is 3.43. The zero-order valence-electron chi connectivity index (χ0n) is 8.79. The number of nitrogens with two attached hydrogens (primary N) is 1. The first-order valence-corrected chi connectivity index (χ1v) is 5.23. The molecule has 3 N–H and O–H groups in total. The van der Waals surface area contributed by atoms with Gasteiger partial charge in [-0.05, 0) is 44.0 Å². The molecule has 0 aromatic carbocycles. The second-order valence-corrected chi connectivity index (χ2v) is 3.43. The summed E-state index contributed by atoms with van der Waals surface area (Å²) in [5.41, 5.74) is 7.82. The molecule has 0 bridgehead atoms. The van der Waals surface area contributed by atoms with E-state index in [4.69, 9.17) is 5.73 Å². The molecule has 0 aliphatic rings. The summed E-state index contributed by atoms with van der Waals surface area (Å²) in [4.78, 5) is 4.06. The van der Waals surface area contributed by atoms with Crippen LogP contribution in [-0.2, 0) is 6.42 Å². The lowest BCUT2D eigenvalue weighted by molar-refractivity contribution is 0.640. The number of anilines is 1. The van der Waals surface area contributed by atoms with Crippen molar-refractivity contribution in [3.8, 4) is 0 Å². The van der Waals surface area contributed by atoms with Crippen LogP contribution in [0.4, 0.5) is 5.69 Å². The summed E-state index contributed by atoms with van der Waals surface area (Å²) in [7, 11) is 0. The maximum Gasteiger partial charge on any atom is 0.0377 e. The fraction of sp³-hybridized carbons (Fsp3) is 0.545. The summed E-state index contributed by atoms with van der Waals surface area (Å²) in [6, 6.07) is 1.86. The van der Waals surface area contributed by atoms with Crippen LogP contribution in [0.15, 0.2) is 18.5 Å². The van der Waals surface area contributed by atoms with E-state index in [2.05, 4.69) is 17.2 Å². The number of nitrogen functional groups attached to an aromatic ring is 1. The number of pyridine rings is 1. The maximum atomic E-state index is 5.80. The highest BCUT2D eigenvalue weighted by Gasteiger charge is 1.97. The predicted octanol–water partition coefficient (Wildman–Crippen LogP) is 1.60. The van der Waals surface area contributed by atoms with E-state index >= 15 is 0 Å². The van der Waals surface area contributed by atoms with Gasteiger partial charge in [-0.15, -0.1) is 0 Å². The molecule has 0 radical (unpaired) electrons. The average Bonchev–Trinajstić information content (AvgIpc) is 2.20. The van der Waals surface area contributed by atoms with Gasteiger partial charge in [-0.25, -0.2) is 0 Å². The Morgan fingerprint density at radius 3 is 3.00 bits per heavy atom. The SMILES string of the molecule is CCCNCCCc1cnccc1N. The lowest BCUT2D eigenvalue weighted by Gasteiger charge is -2.05. The van der Waals surface area contributed by atoms with E-state index in [0.717, 1.165) is 37.2 Å². The van der Waals surface area contributed by atoms with Crippen LogP contribution in [0.2, 0.25) is 0 Å². The van der Waals surface area contributed by atoms with E-state index in [1.165, 1.54) is 6.42 Å². The van der Waals surface area contributed by atoms with Crippen LogP contribution in [0, 0.1) is 0 Å². The van der Waals surface area contributed by atoms with Crippen LogP contribution < -0.4 is 11.1 Å². The number of aryl methyl sites for hydroxylation is 1. The van der Waals surface area contributed by atoms with Gasteiger partial charge in [0.2, 0.25) is 0 Å². The molecule has 1 aromatic rings. The van der Waals surface area contributed by atoms with Crippen LogP contribution in [0.3, 0.4) is 0 Å². The number of aromatic nitrogens is 1. The average molecular weight is 193 g/mol. The lowest BCUT2D eigenvalue weighted by atomic mass is 10.1. The highest BCUT2D eigenvalue weighted by Crippen LogP contribution is 2.10. The van der Waals surface area contributed by atoms with Gasteiger partial charge in [0.25, 0.3) is 0 Å². The molecule has 0 atom stereocenters. The fourth-order valence-electron chi connectivity index (χ4n) is 1.35. The van der Waals surface area contributed by atoms with Crippen LogP contribution in [-0.4, -0.2) is 18.1 Å². The molecule has 0 aliphatic heterocycles. The van der Waals surface area contributed by atoms with Gasteiger partial charge in [-0.2, -0.15) is 0 Å². The van der Waals surface area contributed by atoms with Crippen molar-refractivity contribution in [3.05, 3.63) is 24.0 Å². The molecule has 0 unspecified atom stereocenters. The van der Waals surface area contributed by atoms with Gasteiger partial charge < -0.3 is 11.1 Å².